The number of carbonyl (C=O) groups is 1. The number of hydrogen-bond donors (Lipinski definition) is 1. The molecule has 1 aromatic rings. The number of benzene rings is 1. The van der Waals surface area contributed by atoms with Crippen molar-refractivity contribution in [3.63, 3.8) is 0 Å². The van der Waals surface area contributed by atoms with E-state index in [9.17, 15) is 4.79 Å². The van der Waals surface area contributed by atoms with Gasteiger partial charge in [0.2, 0.25) is 0 Å². The van der Waals surface area contributed by atoms with Gasteiger partial charge in [-0.15, -0.1) is 0 Å². The summed E-state index contributed by atoms with van der Waals surface area (Å²) in [6.07, 6.45) is 1.32. The molecule has 5 heteroatoms. The first-order valence-corrected chi connectivity index (χ1v) is 9.12. The summed E-state index contributed by atoms with van der Waals surface area (Å²) < 4.78 is 11.0. The summed E-state index contributed by atoms with van der Waals surface area (Å²) in [5.74, 6) is 2.19. The Bertz CT molecular complexity index is 547. The Labute approximate surface area is 151 Å². The minimum Gasteiger partial charge on any atom is -0.492 e. The average Bonchev–Trinajstić information content (AvgIpc) is 2.55. The quantitative estimate of drug-likeness (QED) is 0.820. The van der Waals surface area contributed by atoms with E-state index in [1.165, 1.54) is 13.5 Å². The number of rotatable bonds is 7. The van der Waals surface area contributed by atoms with Gasteiger partial charge in [-0.05, 0) is 56.4 Å². The Morgan fingerprint density at radius 3 is 2.36 bits per heavy atom. The second-order valence-electron chi connectivity index (χ2n) is 7.75. The number of methoxy groups -OCH3 is 1. The van der Waals surface area contributed by atoms with Gasteiger partial charge in [0.1, 0.15) is 18.0 Å². The third-order valence-electron chi connectivity index (χ3n) is 4.79. The molecule has 0 aromatic heterocycles. The summed E-state index contributed by atoms with van der Waals surface area (Å²) in [4.78, 5) is 14.6. The van der Waals surface area contributed by atoms with Crippen LogP contribution in [0.5, 0.6) is 5.75 Å². The van der Waals surface area contributed by atoms with Crippen molar-refractivity contribution in [1.29, 1.82) is 0 Å². The van der Waals surface area contributed by atoms with Crippen molar-refractivity contribution in [2.45, 2.75) is 39.7 Å². The van der Waals surface area contributed by atoms with Crippen LogP contribution in [0.15, 0.2) is 24.3 Å². The Balaban J connectivity index is 1.78. The van der Waals surface area contributed by atoms with Crippen molar-refractivity contribution >= 4 is 11.6 Å². The molecule has 0 bridgehead atoms. The zero-order chi connectivity index (χ0) is 18.4. The van der Waals surface area contributed by atoms with Crippen LogP contribution in [-0.4, -0.2) is 49.8 Å². The highest BCUT2D eigenvalue weighted by Crippen LogP contribution is 2.21. The van der Waals surface area contributed by atoms with E-state index in [0.717, 1.165) is 42.9 Å². The Morgan fingerprint density at radius 1 is 1.20 bits per heavy atom. The molecule has 1 aliphatic heterocycles. The van der Waals surface area contributed by atoms with Crippen LogP contribution < -0.4 is 10.1 Å². The highest BCUT2D eigenvalue weighted by Gasteiger charge is 2.26. The summed E-state index contributed by atoms with van der Waals surface area (Å²) in [5, 5.41) is 2.85. The fraction of sp³-hybridized carbons (Fsp3) is 0.650. The molecule has 1 aliphatic rings. The van der Waals surface area contributed by atoms with E-state index in [4.69, 9.17) is 9.47 Å². The molecule has 140 valence electrons. The first-order chi connectivity index (χ1) is 11.8. The van der Waals surface area contributed by atoms with Gasteiger partial charge in [-0.2, -0.15) is 0 Å². The summed E-state index contributed by atoms with van der Waals surface area (Å²) in [7, 11) is 1.53. The number of likely N-dealkylation sites (tertiary alicyclic amines) is 1. The molecule has 1 N–H and O–H groups in total. The molecule has 0 spiro atoms. The zero-order valence-electron chi connectivity index (χ0n) is 16.2. The third-order valence-corrected chi connectivity index (χ3v) is 4.79. The molecular formula is C20H32N2O3. The van der Waals surface area contributed by atoms with E-state index >= 15 is 0 Å². The molecule has 0 saturated carbocycles. The van der Waals surface area contributed by atoms with Crippen molar-refractivity contribution in [2.24, 2.45) is 11.8 Å². The van der Waals surface area contributed by atoms with E-state index in [0.29, 0.717) is 6.61 Å². The largest absolute Gasteiger partial charge is 0.492 e. The van der Waals surface area contributed by atoms with Crippen molar-refractivity contribution in [1.82, 2.24) is 4.90 Å². The predicted molar refractivity (Wildman–Crippen MR) is 101 cm³/mol. The van der Waals surface area contributed by atoms with Gasteiger partial charge in [0.25, 0.3) is 5.91 Å². The van der Waals surface area contributed by atoms with Gasteiger partial charge in [0, 0.05) is 32.4 Å². The topological polar surface area (TPSA) is 50.8 Å². The monoisotopic (exact) mass is 348 g/mol. The lowest BCUT2D eigenvalue weighted by molar-refractivity contribution is -0.133. The van der Waals surface area contributed by atoms with Crippen molar-refractivity contribution in [3.8, 4) is 5.75 Å². The van der Waals surface area contributed by atoms with Crippen LogP contribution in [0, 0.1) is 11.8 Å². The molecule has 0 radical (unpaired) electrons. The summed E-state index contributed by atoms with van der Waals surface area (Å²) in [6.45, 7) is 12.1. The van der Waals surface area contributed by atoms with E-state index in [-0.39, 0.29) is 5.91 Å². The van der Waals surface area contributed by atoms with Gasteiger partial charge in [-0.3, -0.25) is 9.69 Å². The average molecular weight is 348 g/mol. The van der Waals surface area contributed by atoms with Crippen LogP contribution in [0.3, 0.4) is 0 Å². The number of nitrogens with zero attached hydrogens (tertiary/aromatic N) is 1. The Hall–Kier alpha value is -1.59. The molecule has 2 atom stereocenters. The molecule has 0 aliphatic carbocycles. The molecule has 1 aromatic carbocycles. The fourth-order valence-electron chi connectivity index (χ4n) is 3.28. The summed E-state index contributed by atoms with van der Waals surface area (Å²) >= 11 is 0. The van der Waals surface area contributed by atoms with E-state index in [1.54, 1.807) is 13.8 Å². The first-order valence-electron chi connectivity index (χ1n) is 9.12. The standard InChI is InChI=1S/C20H32N2O3/c1-15-12-16(2)14-22(13-15)10-11-25-18-8-6-17(7-9-18)21-19(23)20(3,4)24-5/h6-9,15-16H,10-14H2,1-5H3,(H,21,23)/t15-,16-/m0/s1. The molecule has 5 nitrogen and oxygen atoms in total. The lowest BCUT2D eigenvalue weighted by Crippen LogP contribution is -2.40. The number of piperidine rings is 1. The minimum atomic E-state index is -0.849. The number of anilines is 1. The van der Waals surface area contributed by atoms with Crippen LogP contribution in [0.4, 0.5) is 5.69 Å². The Kier molecular flexibility index (Phi) is 6.85. The van der Waals surface area contributed by atoms with Gasteiger partial charge in [0.15, 0.2) is 0 Å². The highest BCUT2D eigenvalue weighted by molar-refractivity contribution is 5.96. The van der Waals surface area contributed by atoms with Crippen LogP contribution in [0.25, 0.3) is 0 Å². The van der Waals surface area contributed by atoms with E-state index in [1.807, 2.05) is 24.3 Å². The SMILES string of the molecule is COC(C)(C)C(=O)Nc1ccc(OCCN2C[C@@H](C)C[C@H](C)C2)cc1. The molecule has 25 heavy (non-hydrogen) atoms. The van der Waals surface area contributed by atoms with Gasteiger partial charge < -0.3 is 14.8 Å². The van der Waals surface area contributed by atoms with E-state index < -0.39 is 5.60 Å². The number of nitrogens with one attached hydrogen (secondary N) is 1. The number of hydrogen-bond acceptors (Lipinski definition) is 4. The van der Waals surface area contributed by atoms with Crippen LogP contribution >= 0.6 is 0 Å². The van der Waals surface area contributed by atoms with E-state index in [2.05, 4.69) is 24.1 Å². The van der Waals surface area contributed by atoms with Gasteiger partial charge >= 0.3 is 0 Å². The Morgan fingerprint density at radius 2 is 1.80 bits per heavy atom. The molecule has 1 amide bonds. The zero-order valence-corrected chi connectivity index (χ0v) is 16.2. The molecule has 1 fully saturated rings. The van der Waals surface area contributed by atoms with Crippen LogP contribution in [0.2, 0.25) is 0 Å². The molecule has 0 unspecified atom stereocenters. The fourth-order valence-corrected chi connectivity index (χ4v) is 3.28. The number of ether oxygens (including phenoxy) is 2. The summed E-state index contributed by atoms with van der Waals surface area (Å²) in [5.41, 5.74) is -0.112. The summed E-state index contributed by atoms with van der Waals surface area (Å²) in [6, 6.07) is 7.47. The second kappa shape index (κ2) is 8.68. The molecule has 1 heterocycles. The van der Waals surface area contributed by atoms with Crippen LogP contribution in [0.1, 0.15) is 34.1 Å². The third kappa shape index (κ3) is 6.01. The predicted octanol–water partition coefficient (Wildman–Crippen LogP) is 3.41. The first kappa shape index (κ1) is 19.7. The smallest absolute Gasteiger partial charge is 0.256 e. The normalized spacial score (nSPS) is 21.8. The van der Waals surface area contributed by atoms with Crippen LogP contribution in [-0.2, 0) is 9.53 Å². The second-order valence-corrected chi connectivity index (χ2v) is 7.75. The number of carbonyl (C=O) groups excluding carboxylic acids is 1. The van der Waals surface area contributed by atoms with Gasteiger partial charge in [-0.1, -0.05) is 13.8 Å². The number of amides is 1. The maximum Gasteiger partial charge on any atom is 0.256 e. The molecule has 1 saturated heterocycles. The van der Waals surface area contributed by atoms with Gasteiger partial charge in [0.05, 0.1) is 0 Å². The minimum absolute atomic E-state index is 0.169. The highest BCUT2D eigenvalue weighted by atomic mass is 16.5. The maximum absolute atomic E-state index is 12.1. The van der Waals surface area contributed by atoms with Crippen molar-refractivity contribution in [2.75, 3.05) is 38.7 Å². The lowest BCUT2D eigenvalue weighted by Gasteiger charge is -2.34. The van der Waals surface area contributed by atoms with Gasteiger partial charge in [-0.25, -0.2) is 0 Å². The molecule has 2 rings (SSSR count). The van der Waals surface area contributed by atoms with Crippen molar-refractivity contribution in [3.05, 3.63) is 24.3 Å². The maximum atomic E-state index is 12.1. The lowest BCUT2D eigenvalue weighted by atomic mass is 9.92. The molecular weight excluding hydrogens is 316 g/mol. The van der Waals surface area contributed by atoms with Crippen molar-refractivity contribution < 1.29 is 14.3 Å².